The maximum Gasteiger partial charge on any atom is 0.167 e. The van der Waals surface area contributed by atoms with Crippen LogP contribution in [0.4, 0.5) is 4.39 Å². The Bertz CT molecular complexity index is 596. The first-order valence-electron chi connectivity index (χ1n) is 5.29. The maximum atomic E-state index is 13.2. The summed E-state index contributed by atoms with van der Waals surface area (Å²) < 4.78 is 13.2. The molecule has 0 aliphatic heterocycles. The number of hydrogen-bond donors (Lipinski definition) is 0. The Morgan fingerprint density at radius 3 is 2.44 bits per heavy atom. The second kappa shape index (κ2) is 5.51. The molecule has 0 bridgehead atoms. The minimum absolute atomic E-state index is 0.00398. The molecule has 0 saturated carbocycles. The maximum absolute atomic E-state index is 13.2. The van der Waals surface area contributed by atoms with Crippen LogP contribution in [0.1, 0.15) is 15.9 Å². The van der Waals surface area contributed by atoms with Crippen LogP contribution in [0, 0.1) is 5.82 Å². The second-order valence-electron chi connectivity index (χ2n) is 3.82. The molecule has 0 heterocycles. The first-order chi connectivity index (χ1) is 8.58. The highest BCUT2D eigenvalue weighted by Crippen LogP contribution is 2.20. The van der Waals surface area contributed by atoms with Gasteiger partial charge < -0.3 is 0 Å². The van der Waals surface area contributed by atoms with Crippen molar-refractivity contribution in [2.24, 2.45) is 0 Å². The largest absolute Gasteiger partial charge is 0.294 e. The van der Waals surface area contributed by atoms with Crippen LogP contribution in [-0.4, -0.2) is 5.78 Å². The third-order valence-electron chi connectivity index (χ3n) is 2.55. The topological polar surface area (TPSA) is 17.1 Å². The van der Waals surface area contributed by atoms with E-state index in [0.29, 0.717) is 5.02 Å². The molecule has 1 nitrogen and oxygen atoms in total. The van der Waals surface area contributed by atoms with Crippen LogP contribution in [-0.2, 0) is 6.42 Å². The first-order valence-corrected chi connectivity index (χ1v) is 6.05. The summed E-state index contributed by atoms with van der Waals surface area (Å²) in [5.41, 5.74) is 1.01. The third-order valence-corrected chi connectivity index (χ3v) is 3.23. The van der Waals surface area contributed by atoms with Gasteiger partial charge in [-0.25, -0.2) is 4.39 Å². The van der Waals surface area contributed by atoms with Gasteiger partial charge >= 0.3 is 0 Å². The van der Waals surface area contributed by atoms with E-state index < -0.39 is 5.82 Å². The lowest BCUT2D eigenvalue weighted by atomic mass is 10.0. The molecule has 4 heteroatoms. The molecule has 0 unspecified atom stereocenters. The molecule has 0 saturated heterocycles. The molecule has 0 fully saturated rings. The van der Waals surface area contributed by atoms with Gasteiger partial charge in [-0.2, -0.15) is 0 Å². The van der Waals surface area contributed by atoms with Gasteiger partial charge in [0.25, 0.3) is 0 Å². The van der Waals surface area contributed by atoms with Crippen LogP contribution < -0.4 is 0 Å². The van der Waals surface area contributed by atoms with E-state index in [1.807, 2.05) is 0 Å². The van der Waals surface area contributed by atoms with Crippen molar-refractivity contribution in [3.05, 3.63) is 69.5 Å². The molecule has 0 spiro atoms. The van der Waals surface area contributed by atoms with Crippen molar-refractivity contribution < 1.29 is 9.18 Å². The Hall–Kier alpha value is -1.38. The highest BCUT2D eigenvalue weighted by Gasteiger charge is 2.11. The molecule has 18 heavy (non-hydrogen) atoms. The Morgan fingerprint density at radius 2 is 1.78 bits per heavy atom. The molecule has 0 aromatic heterocycles. The van der Waals surface area contributed by atoms with Crippen LogP contribution in [0.25, 0.3) is 0 Å². The fourth-order valence-corrected chi connectivity index (χ4v) is 1.91. The van der Waals surface area contributed by atoms with Gasteiger partial charge in [0, 0.05) is 17.0 Å². The van der Waals surface area contributed by atoms with E-state index in [4.69, 9.17) is 23.2 Å². The lowest BCUT2D eigenvalue weighted by Gasteiger charge is -2.04. The van der Waals surface area contributed by atoms with Gasteiger partial charge in [0.1, 0.15) is 5.82 Å². The van der Waals surface area contributed by atoms with E-state index in [9.17, 15) is 9.18 Å². The van der Waals surface area contributed by atoms with Gasteiger partial charge in [0.2, 0.25) is 0 Å². The summed E-state index contributed by atoms with van der Waals surface area (Å²) in [5.74, 6) is -0.791. The zero-order valence-corrected chi connectivity index (χ0v) is 10.8. The molecular weight excluding hydrogens is 274 g/mol. The van der Waals surface area contributed by atoms with Crippen LogP contribution >= 0.6 is 23.2 Å². The third kappa shape index (κ3) is 2.89. The fraction of sp³-hybridized carbons (Fsp3) is 0.0714. The molecule has 0 radical (unpaired) electrons. The molecule has 0 N–H and O–H groups in total. The number of carbonyl (C=O) groups is 1. The van der Waals surface area contributed by atoms with E-state index in [-0.39, 0.29) is 22.8 Å². The predicted molar refractivity (Wildman–Crippen MR) is 70.9 cm³/mol. The Balaban J connectivity index is 2.22. The first kappa shape index (κ1) is 13.1. The number of ketones is 1. The van der Waals surface area contributed by atoms with Crippen LogP contribution in [0.5, 0.6) is 0 Å². The smallest absolute Gasteiger partial charge is 0.167 e. The minimum Gasteiger partial charge on any atom is -0.294 e. The average Bonchev–Trinajstić information content (AvgIpc) is 2.35. The van der Waals surface area contributed by atoms with Crippen molar-refractivity contribution in [3.63, 3.8) is 0 Å². The van der Waals surface area contributed by atoms with E-state index in [1.54, 1.807) is 24.3 Å². The number of carbonyl (C=O) groups excluding carboxylic acids is 1. The van der Waals surface area contributed by atoms with Crippen molar-refractivity contribution in [1.82, 2.24) is 0 Å². The molecular formula is C14H9Cl2FO. The van der Waals surface area contributed by atoms with Crippen molar-refractivity contribution in [2.75, 3.05) is 0 Å². The zero-order chi connectivity index (χ0) is 13.1. The average molecular weight is 283 g/mol. The van der Waals surface area contributed by atoms with Gasteiger partial charge in [-0.3, -0.25) is 4.79 Å². The molecule has 0 amide bonds. The number of benzene rings is 2. The van der Waals surface area contributed by atoms with E-state index >= 15 is 0 Å². The van der Waals surface area contributed by atoms with Gasteiger partial charge in [0.15, 0.2) is 5.78 Å². The second-order valence-corrected chi connectivity index (χ2v) is 4.63. The van der Waals surface area contributed by atoms with Crippen LogP contribution in [0.15, 0.2) is 42.5 Å². The van der Waals surface area contributed by atoms with Crippen molar-refractivity contribution in [2.45, 2.75) is 6.42 Å². The summed E-state index contributed by atoms with van der Waals surface area (Å²) >= 11 is 11.5. The van der Waals surface area contributed by atoms with E-state index in [0.717, 1.165) is 11.6 Å². The van der Waals surface area contributed by atoms with Crippen molar-refractivity contribution in [1.29, 1.82) is 0 Å². The van der Waals surface area contributed by atoms with E-state index in [2.05, 4.69) is 0 Å². The Morgan fingerprint density at radius 1 is 1.06 bits per heavy atom. The zero-order valence-electron chi connectivity index (χ0n) is 9.29. The van der Waals surface area contributed by atoms with Crippen LogP contribution in [0.2, 0.25) is 10.0 Å². The number of Topliss-reactive ketones (excluding diaryl/α,β-unsaturated/α-hetero) is 1. The summed E-state index contributed by atoms with van der Waals surface area (Å²) in [6.07, 6.45) is 0.140. The summed E-state index contributed by atoms with van der Waals surface area (Å²) in [6, 6.07) is 11.1. The molecule has 2 rings (SSSR count). The van der Waals surface area contributed by atoms with Crippen molar-refractivity contribution >= 4 is 29.0 Å². The highest BCUT2D eigenvalue weighted by atomic mass is 35.5. The van der Waals surface area contributed by atoms with Crippen LogP contribution in [0.3, 0.4) is 0 Å². The summed E-state index contributed by atoms with van der Waals surface area (Å²) in [5, 5.41) is 0.532. The van der Waals surface area contributed by atoms with Crippen molar-refractivity contribution in [3.8, 4) is 0 Å². The highest BCUT2D eigenvalue weighted by molar-refractivity contribution is 6.31. The van der Waals surface area contributed by atoms with Gasteiger partial charge in [-0.05, 0) is 29.8 Å². The Kier molecular flexibility index (Phi) is 4.00. The number of hydrogen-bond acceptors (Lipinski definition) is 1. The normalized spacial score (nSPS) is 10.4. The van der Waals surface area contributed by atoms with Gasteiger partial charge in [0.05, 0.1) is 5.02 Å². The number of halogens is 3. The molecule has 2 aromatic carbocycles. The summed E-state index contributed by atoms with van der Waals surface area (Å²) in [4.78, 5) is 12.0. The summed E-state index contributed by atoms with van der Waals surface area (Å²) in [6.45, 7) is 0. The molecule has 2 aromatic rings. The quantitative estimate of drug-likeness (QED) is 0.755. The Labute approximate surface area is 114 Å². The predicted octanol–water partition coefficient (Wildman–Crippen LogP) is 4.56. The lowest BCUT2D eigenvalue weighted by molar-refractivity contribution is 0.0992. The molecule has 0 aliphatic carbocycles. The van der Waals surface area contributed by atoms with E-state index in [1.165, 1.54) is 12.1 Å². The minimum atomic E-state index is -0.596. The molecule has 92 valence electrons. The number of rotatable bonds is 3. The SMILES string of the molecule is O=C(Cc1ccccc1Cl)c1ccc(Cl)c(F)c1. The van der Waals surface area contributed by atoms with Gasteiger partial charge in [-0.15, -0.1) is 0 Å². The monoisotopic (exact) mass is 282 g/mol. The fourth-order valence-electron chi connectivity index (χ4n) is 1.59. The summed E-state index contributed by atoms with van der Waals surface area (Å²) in [7, 11) is 0. The lowest BCUT2D eigenvalue weighted by Crippen LogP contribution is -2.04. The standard InChI is InChI=1S/C14H9Cl2FO/c15-11-4-2-1-3-9(11)8-14(18)10-5-6-12(16)13(17)7-10/h1-7H,8H2. The molecule has 0 aliphatic rings. The van der Waals surface area contributed by atoms with Gasteiger partial charge in [-0.1, -0.05) is 41.4 Å². The molecule has 0 atom stereocenters.